The third-order valence-electron chi connectivity index (χ3n) is 2.72. The Morgan fingerprint density at radius 3 is 2.67 bits per heavy atom. The molecular weight excluding hydrogens is 354 g/mol. The number of nitrogens with zero attached hydrogens (tertiary/aromatic N) is 3. The van der Waals surface area contributed by atoms with Gasteiger partial charge in [0.15, 0.2) is 5.82 Å². The third-order valence-corrected chi connectivity index (χ3v) is 4.16. The number of halogens is 1. The van der Waals surface area contributed by atoms with E-state index in [4.69, 9.17) is 5.11 Å². The first-order chi connectivity index (χ1) is 9.77. The highest BCUT2D eigenvalue weighted by Gasteiger charge is 2.21. The Morgan fingerprint density at radius 2 is 2.14 bits per heavy atom. The van der Waals surface area contributed by atoms with Gasteiger partial charge in [-0.2, -0.15) is 5.10 Å². The summed E-state index contributed by atoms with van der Waals surface area (Å²) < 4.78 is 2.58. The average Bonchev–Trinajstić information content (AvgIpc) is 2.81. The summed E-state index contributed by atoms with van der Waals surface area (Å²) in [4.78, 5) is 15.1. The first-order valence-electron chi connectivity index (χ1n) is 6.34. The zero-order valence-electron chi connectivity index (χ0n) is 12.0. The minimum absolute atomic E-state index is 0.00813. The molecule has 21 heavy (non-hydrogen) atoms. The standard InChI is InChI=1S/C14H16BrN3O2S/c1-14(2,3)10-6-12(21-8-13(19)20)18(17-10)11-5-4-9(15)7-16-11/h4-7H,8H2,1-3H3,(H,19,20). The molecule has 2 rings (SSSR count). The molecule has 0 amide bonds. The molecule has 7 heteroatoms. The van der Waals surface area contributed by atoms with Crippen LogP contribution in [0.25, 0.3) is 5.82 Å². The quantitative estimate of drug-likeness (QED) is 0.835. The molecule has 0 unspecified atom stereocenters. The number of aromatic nitrogens is 3. The molecule has 0 aliphatic carbocycles. The molecule has 0 radical (unpaired) electrons. The van der Waals surface area contributed by atoms with Crippen LogP contribution < -0.4 is 0 Å². The van der Waals surface area contributed by atoms with Gasteiger partial charge in [0.2, 0.25) is 0 Å². The largest absolute Gasteiger partial charge is 0.481 e. The van der Waals surface area contributed by atoms with Crippen LogP contribution in [0.4, 0.5) is 0 Å². The smallest absolute Gasteiger partial charge is 0.313 e. The van der Waals surface area contributed by atoms with E-state index in [-0.39, 0.29) is 11.2 Å². The highest BCUT2D eigenvalue weighted by molar-refractivity contribution is 9.10. The highest BCUT2D eigenvalue weighted by Crippen LogP contribution is 2.28. The Labute approximate surface area is 135 Å². The van der Waals surface area contributed by atoms with E-state index in [1.54, 1.807) is 10.9 Å². The molecule has 0 fully saturated rings. The molecule has 1 N–H and O–H groups in total. The van der Waals surface area contributed by atoms with Crippen LogP contribution in [-0.2, 0) is 10.2 Å². The second-order valence-electron chi connectivity index (χ2n) is 5.55. The summed E-state index contributed by atoms with van der Waals surface area (Å²) in [6.07, 6.45) is 1.69. The van der Waals surface area contributed by atoms with Crippen LogP contribution in [0.15, 0.2) is 33.9 Å². The molecule has 0 saturated carbocycles. The lowest BCUT2D eigenvalue weighted by Crippen LogP contribution is -2.12. The lowest BCUT2D eigenvalue weighted by Gasteiger charge is -2.14. The fourth-order valence-corrected chi connectivity index (χ4v) is 2.58. The van der Waals surface area contributed by atoms with Crippen LogP contribution in [0.5, 0.6) is 0 Å². The normalized spacial score (nSPS) is 11.6. The van der Waals surface area contributed by atoms with Gasteiger partial charge in [0.25, 0.3) is 0 Å². The van der Waals surface area contributed by atoms with Crippen molar-refractivity contribution in [1.29, 1.82) is 0 Å². The predicted molar refractivity (Wildman–Crippen MR) is 86.1 cm³/mol. The summed E-state index contributed by atoms with van der Waals surface area (Å²) in [6, 6.07) is 5.65. The Balaban J connectivity index is 2.43. The van der Waals surface area contributed by atoms with E-state index in [0.717, 1.165) is 15.2 Å². The van der Waals surface area contributed by atoms with Crippen LogP contribution in [0.3, 0.4) is 0 Å². The van der Waals surface area contributed by atoms with Crippen LogP contribution in [-0.4, -0.2) is 31.6 Å². The maximum atomic E-state index is 10.8. The number of aliphatic carboxylic acids is 1. The first kappa shape index (κ1) is 16.0. The van der Waals surface area contributed by atoms with E-state index in [9.17, 15) is 4.79 Å². The number of thioether (sulfide) groups is 1. The topological polar surface area (TPSA) is 68.0 Å². The first-order valence-corrected chi connectivity index (χ1v) is 8.12. The van der Waals surface area contributed by atoms with Crippen LogP contribution >= 0.6 is 27.7 Å². The van der Waals surface area contributed by atoms with Gasteiger partial charge in [0.1, 0.15) is 5.03 Å². The summed E-state index contributed by atoms with van der Waals surface area (Å²) in [5, 5.41) is 14.2. The molecule has 0 aliphatic heterocycles. The van der Waals surface area contributed by atoms with E-state index < -0.39 is 5.97 Å². The van der Waals surface area contributed by atoms with Crippen molar-refractivity contribution < 1.29 is 9.90 Å². The van der Waals surface area contributed by atoms with Gasteiger partial charge in [-0.15, -0.1) is 0 Å². The predicted octanol–water partition coefficient (Wildman–Crippen LogP) is 3.50. The van der Waals surface area contributed by atoms with E-state index >= 15 is 0 Å². The summed E-state index contributed by atoms with van der Waals surface area (Å²) >= 11 is 4.59. The van der Waals surface area contributed by atoms with Gasteiger partial charge in [0.05, 0.1) is 11.4 Å². The monoisotopic (exact) mass is 369 g/mol. The number of pyridine rings is 1. The van der Waals surface area contributed by atoms with Crippen molar-refractivity contribution in [3.8, 4) is 5.82 Å². The summed E-state index contributed by atoms with van der Waals surface area (Å²) in [6.45, 7) is 6.21. The molecule has 112 valence electrons. The summed E-state index contributed by atoms with van der Waals surface area (Å²) in [7, 11) is 0. The van der Waals surface area contributed by atoms with Crippen molar-refractivity contribution in [3.63, 3.8) is 0 Å². The second kappa shape index (κ2) is 6.19. The SMILES string of the molecule is CC(C)(C)c1cc(SCC(=O)O)n(-c2ccc(Br)cn2)n1. The van der Waals surface area contributed by atoms with E-state index in [0.29, 0.717) is 5.82 Å². The van der Waals surface area contributed by atoms with Gasteiger partial charge in [-0.05, 0) is 34.1 Å². The molecule has 0 aromatic carbocycles. The van der Waals surface area contributed by atoms with Gasteiger partial charge in [0, 0.05) is 16.1 Å². The number of rotatable bonds is 4. The molecule has 0 saturated heterocycles. The molecular formula is C14H16BrN3O2S. The number of carbonyl (C=O) groups is 1. The maximum Gasteiger partial charge on any atom is 0.313 e. The van der Waals surface area contributed by atoms with E-state index in [2.05, 4.69) is 46.8 Å². The summed E-state index contributed by atoms with van der Waals surface area (Å²) in [5.41, 5.74) is 0.791. The number of hydrogen-bond acceptors (Lipinski definition) is 4. The molecule has 0 atom stereocenters. The lowest BCUT2D eigenvalue weighted by molar-refractivity contribution is -0.133. The Bertz CT molecular complexity index is 647. The highest BCUT2D eigenvalue weighted by atomic mass is 79.9. The Morgan fingerprint density at radius 1 is 1.43 bits per heavy atom. The molecule has 2 heterocycles. The maximum absolute atomic E-state index is 10.8. The third kappa shape index (κ3) is 4.07. The minimum Gasteiger partial charge on any atom is -0.481 e. The van der Waals surface area contributed by atoms with Crippen molar-refractivity contribution in [1.82, 2.24) is 14.8 Å². The Kier molecular flexibility index (Phi) is 4.73. The van der Waals surface area contributed by atoms with Gasteiger partial charge < -0.3 is 5.11 Å². The average molecular weight is 370 g/mol. The van der Waals surface area contributed by atoms with Crippen LogP contribution in [0.2, 0.25) is 0 Å². The van der Waals surface area contributed by atoms with Crippen molar-refractivity contribution in [3.05, 3.63) is 34.6 Å². The summed E-state index contributed by atoms with van der Waals surface area (Å²) in [5.74, 6) is -0.193. The number of carboxylic acid groups (broad SMARTS) is 1. The van der Waals surface area contributed by atoms with Crippen molar-refractivity contribution >= 4 is 33.7 Å². The fourth-order valence-electron chi connectivity index (χ4n) is 1.63. The van der Waals surface area contributed by atoms with Crippen molar-refractivity contribution in [2.24, 2.45) is 0 Å². The van der Waals surface area contributed by atoms with Crippen molar-refractivity contribution in [2.45, 2.75) is 31.2 Å². The molecule has 2 aromatic rings. The van der Waals surface area contributed by atoms with Gasteiger partial charge in [-0.25, -0.2) is 9.67 Å². The van der Waals surface area contributed by atoms with Gasteiger partial charge in [-0.1, -0.05) is 32.5 Å². The zero-order chi connectivity index (χ0) is 15.6. The molecule has 5 nitrogen and oxygen atoms in total. The van der Waals surface area contributed by atoms with E-state index in [1.165, 1.54) is 11.8 Å². The Hall–Kier alpha value is -1.34. The fraction of sp³-hybridized carbons (Fsp3) is 0.357. The zero-order valence-corrected chi connectivity index (χ0v) is 14.4. The van der Waals surface area contributed by atoms with Gasteiger partial charge >= 0.3 is 5.97 Å². The van der Waals surface area contributed by atoms with Gasteiger partial charge in [-0.3, -0.25) is 4.79 Å². The second-order valence-corrected chi connectivity index (χ2v) is 7.46. The number of carboxylic acids is 1. The molecule has 2 aromatic heterocycles. The molecule has 0 spiro atoms. The number of hydrogen-bond donors (Lipinski definition) is 1. The molecule has 0 bridgehead atoms. The van der Waals surface area contributed by atoms with Crippen LogP contribution in [0, 0.1) is 0 Å². The van der Waals surface area contributed by atoms with Crippen LogP contribution in [0.1, 0.15) is 26.5 Å². The van der Waals surface area contributed by atoms with E-state index in [1.807, 2.05) is 18.2 Å². The minimum atomic E-state index is -0.853. The van der Waals surface area contributed by atoms with Crippen molar-refractivity contribution in [2.75, 3.05) is 5.75 Å². The lowest BCUT2D eigenvalue weighted by atomic mass is 9.93. The molecule has 0 aliphatic rings.